The van der Waals surface area contributed by atoms with Crippen molar-refractivity contribution in [2.24, 2.45) is 11.8 Å². The molecule has 2 aliphatic rings. The first-order valence-electron chi connectivity index (χ1n) is 11.6. The third kappa shape index (κ3) is 6.18. The number of aliphatic carboxylic acids is 1. The summed E-state index contributed by atoms with van der Waals surface area (Å²) in [6.07, 6.45) is 4.04. The normalized spacial score (nSPS) is 24.8. The molecule has 0 aromatic carbocycles. The number of carbonyl (C=O) groups is 4. The van der Waals surface area contributed by atoms with Crippen molar-refractivity contribution in [3.63, 3.8) is 0 Å². The molecule has 9 nitrogen and oxygen atoms in total. The predicted octanol–water partition coefficient (Wildman–Crippen LogP) is 0.876. The van der Waals surface area contributed by atoms with Gasteiger partial charge in [0.25, 0.3) is 0 Å². The van der Waals surface area contributed by atoms with E-state index in [9.17, 15) is 24.3 Å². The summed E-state index contributed by atoms with van der Waals surface area (Å²) >= 11 is 0. The molecular formula is C22H38N4O5. The van der Waals surface area contributed by atoms with Gasteiger partial charge in [0.05, 0.1) is 6.04 Å². The lowest BCUT2D eigenvalue weighted by Crippen LogP contribution is -2.60. The maximum Gasteiger partial charge on any atom is 0.326 e. The van der Waals surface area contributed by atoms with Crippen LogP contribution in [0.4, 0.5) is 0 Å². The zero-order valence-electron chi connectivity index (χ0n) is 19.1. The average Bonchev–Trinajstić information content (AvgIpc) is 3.46. The van der Waals surface area contributed by atoms with Gasteiger partial charge in [-0.05, 0) is 44.1 Å². The lowest BCUT2D eigenvalue weighted by Gasteiger charge is -2.32. The average molecular weight is 439 g/mol. The standard InChI is InChI=1S/C22H38N4O5/c1-5-13(3)17(24-19(27)15-9-7-11-23-15)20(28)25-18(14(4)6-2)21(29)26-12-8-10-16(26)22(30)31/h13-18,23H,5-12H2,1-4H3,(H,24,27)(H,25,28)(H,30,31). The summed E-state index contributed by atoms with van der Waals surface area (Å²) in [7, 11) is 0. The van der Waals surface area contributed by atoms with E-state index in [2.05, 4.69) is 16.0 Å². The highest BCUT2D eigenvalue weighted by Gasteiger charge is 2.40. The Hall–Kier alpha value is -2.16. The van der Waals surface area contributed by atoms with Crippen LogP contribution in [-0.2, 0) is 19.2 Å². The largest absolute Gasteiger partial charge is 0.480 e. The van der Waals surface area contributed by atoms with Gasteiger partial charge in [-0.3, -0.25) is 14.4 Å². The maximum absolute atomic E-state index is 13.2. The molecule has 2 heterocycles. The van der Waals surface area contributed by atoms with Gasteiger partial charge >= 0.3 is 5.97 Å². The fraction of sp³-hybridized carbons (Fsp3) is 0.818. The van der Waals surface area contributed by atoms with Crippen LogP contribution in [0.5, 0.6) is 0 Å². The highest BCUT2D eigenvalue weighted by molar-refractivity contribution is 5.94. The van der Waals surface area contributed by atoms with Gasteiger partial charge in [-0.2, -0.15) is 0 Å². The first-order valence-corrected chi connectivity index (χ1v) is 11.6. The van der Waals surface area contributed by atoms with E-state index in [4.69, 9.17) is 0 Å². The molecule has 0 spiro atoms. The van der Waals surface area contributed by atoms with E-state index in [1.807, 2.05) is 27.7 Å². The van der Waals surface area contributed by atoms with E-state index in [-0.39, 0.29) is 29.7 Å². The quantitative estimate of drug-likeness (QED) is 0.401. The summed E-state index contributed by atoms with van der Waals surface area (Å²) in [6.45, 7) is 8.79. The van der Waals surface area contributed by atoms with Crippen LogP contribution in [0.25, 0.3) is 0 Å². The number of rotatable bonds is 10. The molecule has 3 amide bonds. The van der Waals surface area contributed by atoms with Crippen molar-refractivity contribution in [3.05, 3.63) is 0 Å². The van der Waals surface area contributed by atoms with Gasteiger partial charge in [-0.15, -0.1) is 0 Å². The molecule has 31 heavy (non-hydrogen) atoms. The highest BCUT2D eigenvalue weighted by atomic mass is 16.4. The molecule has 0 aliphatic carbocycles. The zero-order chi connectivity index (χ0) is 23.1. The van der Waals surface area contributed by atoms with Crippen molar-refractivity contribution < 1.29 is 24.3 Å². The molecule has 9 heteroatoms. The van der Waals surface area contributed by atoms with Crippen molar-refractivity contribution in [3.8, 4) is 0 Å². The van der Waals surface area contributed by atoms with Gasteiger partial charge in [-0.1, -0.05) is 40.5 Å². The number of nitrogens with one attached hydrogen (secondary N) is 3. The van der Waals surface area contributed by atoms with Crippen LogP contribution in [0, 0.1) is 11.8 Å². The Balaban J connectivity index is 2.16. The summed E-state index contributed by atoms with van der Waals surface area (Å²) in [5, 5.41) is 18.3. The summed E-state index contributed by atoms with van der Waals surface area (Å²) in [5.41, 5.74) is 0. The Morgan fingerprint density at radius 1 is 1.00 bits per heavy atom. The van der Waals surface area contributed by atoms with E-state index in [0.29, 0.717) is 32.2 Å². The van der Waals surface area contributed by atoms with Gasteiger partial charge in [0, 0.05) is 6.54 Å². The summed E-state index contributed by atoms with van der Waals surface area (Å²) in [4.78, 5) is 52.0. The molecule has 0 radical (unpaired) electrons. The molecule has 2 fully saturated rings. The molecule has 2 rings (SSSR count). The van der Waals surface area contributed by atoms with Crippen LogP contribution < -0.4 is 16.0 Å². The van der Waals surface area contributed by atoms with Gasteiger partial charge in [0.15, 0.2) is 0 Å². The SMILES string of the molecule is CCC(C)C(NC(=O)C1CCCN1)C(=O)NC(C(=O)N1CCCC1C(=O)O)C(C)CC. The fourth-order valence-electron chi connectivity index (χ4n) is 4.26. The third-order valence-corrected chi connectivity index (χ3v) is 6.77. The number of likely N-dealkylation sites (tertiary alicyclic amines) is 1. The predicted molar refractivity (Wildman–Crippen MR) is 116 cm³/mol. The Bertz CT molecular complexity index is 664. The minimum atomic E-state index is -1.02. The minimum Gasteiger partial charge on any atom is -0.480 e. The van der Waals surface area contributed by atoms with Gasteiger partial charge < -0.3 is 26.0 Å². The molecule has 0 saturated carbocycles. The topological polar surface area (TPSA) is 128 Å². The van der Waals surface area contributed by atoms with Crippen LogP contribution >= 0.6 is 0 Å². The third-order valence-electron chi connectivity index (χ3n) is 6.77. The van der Waals surface area contributed by atoms with Crippen LogP contribution in [-0.4, -0.2) is 71.0 Å². The number of carboxylic acids is 1. The molecule has 0 aromatic rings. The van der Waals surface area contributed by atoms with E-state index >= 15 is 0 Å². The first kappa shape index (κ1) is 25.1. The van der Waals surface area contributed by atoms with Crippen molar-refractivity contribution in [2.75, 3.05) is 13.1 Å². The Morgan fingerprint density at radius 3 is 2.19 bits per heavy atom. The number of carbonyl (C=O) groups excluding carboxylic acids is 3. The maximum atomic E-state index is 13.2. The summed E-state index contributed by atoms with van der Waals surface area (Å²) < 4.78 is 0. The lowest BCUT2D eigenvalue weighted by molar-refractivity contribution is -0.150. The number of hydrogen-bond donors (Lipinski definition) is 4. The van der Waals surface area contributed by atoms with Gasteiger partial charge in [0.2, 0.25) is 17.7 Å². The molecule has 6 atom stereocenters. The van der Waals surface area contributed by atoms with Crippen molar-refractivity contribution in [2.45, 2.75) is 90.4 Å². The van der Waals surface area contributed by atoms with E-state index < -0.39 is 30.0 Å². The van der Waals surface area contributed by atoms with Crippen molar-refractivity contribution in [1.29, 1.82) is 0 Å². The van der Waals surface area contributed by atoms with E-state index in [0.717, 1.165) is 19.4 Å². The zero-order valence-corrected chi connectivity index (χ0v) is 19.1. The Labute approximate surface area is 184 Å². The molecular weight excluding hydrogens is 400 g/mol. The second-order valence-electron chi connectivity index (χ2n) is 8.92. The summed E-state index contributed by atoms with van der Waals surface area (Å²) in [5.74, 6) is -2.26. The second kappa shape index (κ2) is 11.5. The molecule has 2 saturated heterocycles. The Morgan fingerprint density at radius 2 is 1.65 bits per heavy atom. The molecule has 4 N–H and O–H groups in total. The minimum absolute atomic E-state index is 0.114. The van der Waals surface area contributed by atoms with Crippen molar-refractivity contribution in [1.82, 2.24) is 20.9 Å². The number of nitrogens with zero attached hydrogens (tertiary/aromatic N) is 1. The van der Waals surface area contributed by atoms with Crippen LogP contribution in [0.1, 0.15) is 66.2 Å². The van der Waals surface area contributed by atoms with Crippen LogP contribution in [0.2, 0.25) is 0 Å². The second-order valence-corrected chi connectivity index (χ2v) is 8.92. The highest BCUT2D eigenvalue weighted by Crippen LogP contribution is 2.22. The van der Waals surface area contributed by atoms with E-state index in [1.165, 1.54) is 4.90 Å². The van der Waals surface area contributed by atoms with Crippen LogP contribution in [0.15, 0.2) is 0 Å². The van der Waals surface area contributed by atoms with Crippen LogP contribution in [0.3, 0.4) is 0 Å². The van der Waals surface area contributed by atoms with E-state index in [1.54, 1.807) is 0 Å². The first-order chi connectivity index (χ1) is 14.7. The molecule has 2 aliphatic heterocycles. The smallest absolute Gasteiger partial charge is 0.326 e. The van der Waals surface area contributed by atoms with Gasteiger partial charge in [-0.25, -0.2) is 4.79 Å². The van der Waals surface area contributed by atoms with Gasteiger partial charge in [0.1, 0.15) is 18.1 Å². The number of hydrogen-bond acceptors (Lipinski definition) is 5. The Kier molecular flexibility index (Phi) is 9.28. The molecule has 0 bridgehead atoms. The monoisotopic (exact) mass is 438 g/mol. The lowest BCUT2D eigenvalue weighted by atomic mass is 9.94. The molecule has 176 valence electrons. The van der Waals surface area contributed by atoms with Crippen molar-refractivity contribution >= 4 is 23.7 Å². The number of amides is 3. The molecule has 0 aromatic heterocycles. The molecule has 6 unspecified atom stereocenters. The fourth-order valence-corrected chi connectivity index (χ4v) is 4.26. The summed E-state index contributed by atoms with van der Waals surface area (Å²) in [6, 6.07) is -2.74. The number of carboxylic acid groups (broad SMARTS) is 1.